The van der Waals surface area contributed by atoms with Gasteiger partial charge in [-0.2, -0.15) is 0 Å². The highest BCUT2D eigenvalue weighted by Gasteiger charge is 2.21. The van der Waals surface area contributed by atoms with Gasteiger partial charge in [0.05, 0.1) is 22.8 Å². The van der Waals surface area contributed by atoms with Crippen LogP contribution in [0.25, 0.3) is 10.9 Å². The second-order valence-corrected chi connectivity index (χ2v) is 7.67. The number of piperazine rings is 1. The van der Waals surface area contributed by atoms with Crippen molar-refractivity contribution in [3.05, 3.63) is 58.0 Å². The third kappa shape index (κ3) is 4.61. The van der Waals surface area contributed by atoms with Gasteiger partial charge in [-0.25, -0.2) is 9.37 Å². The first-order chi connectivity index (χ1) is 14.2. The highest BCUT2D eigenvalue weighted by Crippen LogP contribution is 2.30. The summed E-state index contributed by atoms with van der Waals surface area (Å²) in [6, 6.07) is 3.51. The summed E-state index contributed by atoms with van der Waals surface area (Å²) < 4.78 is 15.0. The zero-order chi connectivity index (χ0) is 19.8. The fraction of sp³-hybridized carbons (Fsp3) is 0.381. The van der Waals surface area contributed by atoms with Crippen molar-refractivity contribution in [1.82, 2.24) is 19.9 Å². The molecule has 0 atom stereocenters. The van der Waals surface area contributed by atoms with E-state index in [1.54, 1.807) is 24.7 Å². The van der Waals surface area contributed by atoms with Crippen LogP contribution in [0, 0.1) is 5.82 Å². The zero-order valence-electron chi connectivity index (χ0n) is 16.9. The number of H-pyrrole nitrogens is 1. The molecule has 0 amide bonds. The SMILES string of the molecule is Cl.Cl.O=c1[nH]c2cc(CN3CCN(c4cnccn4)CC3)cc(F)c2c2c1CCCN2. The number of aromatic amines is 1. The van der Waals surface area contributed by atoms with Gasteiger partial charge < -0.3 is 15.2 Å². The molecule has 5 rings (SSSR count). The average molecular weight is 467 g/mol. The quantitative estimate of drug-likeness (QED) is 0.617. The van der Waals surface area contributed by atoms with E-state index in [1.807, 2.05) is 6.07 Å². The Labute approximate surface area is 191 Å². The summed E-state index contributed by atoms with van der Waals surface area (Å²) in [5.41, 5.74) is 2.65. The summed E-state index contributed by atoms with van der Waals surface area (Å²) in [7, 11) is 0. The van der Waals surface area contributed by atoms with Crippen molar-refractivity contribution in [2.45, 2.75) is 19.4 Å². The summed E-state index contributed by atoms with van der Waals surface area (Å²) >= 11 is 0. The van der Waals surface area contributed by atoms with Gasteiger partial charge >= 0.3 is 0 Å². The predicted octanol–water partition coefficient (Wildman–Crippen LogP) is 2.98. The Morgan fingerprint density at radius 2 is 1.90 bits per heavy atom. The molecule has 0 aliphatic carbocycles. The Balaban J connectivity index is 0.00000136. The van der Waals surface area contributed by atoms with E-state index in [2.05, 4.69) is 30.1 Å². The van der Waals surface area contributed by atoms with Gasteiger partial charge in [0.2, 0.25) is 0 Å². The number of aromatic nitrogens is 3. The van der Waals surface area contributed by atoms with Crippen molar-refractivity contribution in [3.63, 3.8) is 0 Å². The Hall–Kier alpha value is -2.42. The van der Waals surface area contributed by atoms with E-state index in [-0.39, 0.29) is 36.2 Å². The summed E-state index contributed by atoms with van der Waals surface area (Å²) in [5.74, 6) is 0.608. The molecular weight excluding hydrogens is 442 g/mol. The molecule has 0 unspecified atom stereocenters. The maximum Gasteiger partial charge on any atom is 0.253 e. The smallest absolute Gasteiger partial charge is 0.253 e. The molecule has 1 fully saturated rings. The molecule has 1 aromatic carbocycles. The van der Waals surface area contributed by atoms with Crippen LogP contribution in [-0.2, 0) is 13.0 Å². The van der Waals surface area contributed by atoms with Crippen LogP contribution in [0.1, 0.15) is 17.5 Å². The molecule has 166 valence electrons. The molecule has 4 heterocycles. The Kier molecular flexibility index (Phi) is 7.35. The second kappa shape index (κ2) is 9.80. The average Bonchev–Trinajstić information content (AvgIpc) is 2.75. The molecule has 2 aliphatic heterocycles. The topological polar surface area (TPSA) is 77.2 Å². The van der Waals surface area contributed by atoms with E-state index in [1.165, 1.54) is 0 Å². The summed E-state index contributed by atoms with van der Waals surface area (Å²) in [6.07, 6.45) is 6.73. The largest absolute Gasteiger partial charge is 0.384 e. The number of fused-ring (bicyclic) bond motifs is 3. The van der Waals surface area contributed by atoms with E-state index >= 15 is 0 Å². The lowest BCUT2D eigenvalue weighted by Crippen LogP contribution is -2.46. The number of nitrogens with zero attached hydrogens (tertiary/aromatic N) is 4. The van der Waals surface area contributed by atoms with Crippen LogP contribution in [0.2, 0.25) is 0 Å². The van der Waals surface area contributed by atoms with Gasteiger partial charge in [-0.3, -0.25) is 14.7 Å². The van der Waals surface area contributed by atoms with Crippen molar-refractivity contribution in [2.75, 3.05) is 42.9 Å². The lowest BCUT2D eigenvalue weighted by Gasteiger charge is -2.35. The molecule has 0 radical (unpaired) electrons. The number of anilines is 2. The van der Waals surface area contributed by atoms with E-state index in [9.17, 15) is 9.18 Å². The molecule has 2 N–H and O–H groups in total. The highest BCUT2D eigenvalue weighted by atomic mass is 35.5. The minimum atomic E-state index is -0.280. The van der Waals surface area contributed by atoms with Gasteiger partial charge in [0.25, 0.3) is 5.56 Å². The predicted molar refractivity (Wildman–Crippen MR) is 125 cm³/mol. The first-order valence-corrected chi connectivity index (χ1v) is 10.0. The van der Waals surface area contributed by atoms with Crippen LogP contribution in [0.4, 0.5) is 15.9 Å². The van der Waals surface area contributed by atoms with Crippen LogP contribution in [0.15, 0.2) is 35.5 Å². The second-order valence-electron chi connectivity index (χ2n) is 7.67. The molecule has 0 bridgehead atoms. The summed E-state index contributed by atoms with van der Waals surface area (Å²) in [5, 5.41) is 3.72. The summed E-state index contributed by atoms with van der Waals surface area (Å²) in [4.78, 5) is 28.3. The first-order valence-electron chi connectivity index (χ1n) is 10.0. The van der Waals surface area contributed by atoms with Crippen LogP contribution < -0.4 is 15.8 Å². The molecule has 2 aliphatic rings. The van der Waals surface area contributed by atoms with Crippen molar-refractivity contribution in [1.29, 1.82) is 0 Å². The van der Waals surface area contributed by atoms with E-state index in [0.29, 0.717) is 35.1 Å². The lowest BCUT2D eigenvalue weighted by molar-refractivity contribution is 0.249. The maximum atomic E-state index is 15.0. The fourth-order valence-corrected chi connectivity index (χ4v) is 4.33. The van der Waals surface area contributed by atoms with E-state index in [4.69, 9.17) is 0 Å². The van der Waals surface area contributed by atoms with Crippen molar-refractivity contribution < 1.29 is 4.39 Å². The minimum Gasteiger partial charge on any atom is -0.384 e. The maximum absolute atomic E-state index is 15.0. The van der Waals surface area contributed by atoms with Gasteiger partial charge in [-0.05, 0) is 30.5 Å². The minimum absolute atomic E-state index is 0. The fourth-order valence-electron chi connectivity index (χ4n) is 4.33. The number of hydrogen-bond acceptors (Lipinski definition) is 6. The molecule has 0 spiro atoms. The first kappa shape index (κ1) is 23.2. The Bertz CT molecular complexity index is 1100. The van der Waals surface area contributed by atoms with Crippen LogP contribution in [-0.4, -0.2) is 52.6 Å². The summed E-state index contributed by atoms with van der Waals surface area (Å²) in [6.45, 7) is 4.83. The van der Waals surface area contributed by atoms with Gasteiger partial charge in [0.15, 0.2) is 0 Å². The number of benzene rings is 1. The van der Waals surface area contributed by atoms with Crippen LogP contribution >= 0.6 is 24.8 Å². The number of rotatable bonds is 3. The molecule has 2 aromatic heterocycles. The number of pyridine rings is 1. The highest BCUT2D eigenvalue weighted by molar-refractivity contribution is 5.94. The monoisotopic (exact) mass is 466 g/mol. The van der Waals surface area contributed by atoms with E-state index in [0.717, 1.165) is 50.5 Å². The molecule has 10 heteroatoms. The standard InChI is InChI=1S/C21H23FN6O.2ClH/c22-16-10-14(11-17-19(16)20-15(21(29)26-17)2-1-3-25-20)13-27-6-8-28(9-7-27)18-12-23-4-5-24-18;;/h4-5,10-12,25H,1-3,6-9,13H2,(H,26,29);2*1H. The number of nitrogens with one attached hydrogen (secondary N) is 2. The van der Waals surface area contributed by atoms with Gasteiger partial charge in [-0.15, -0.1) is 24.8 Å². The number of halogens is 3. The van der Waals surface area contributed by atoms with E-state index < -0.39 is 0 Å². The van der Waals surface area contributed by atoms with Gasteiger partial charge in [0, 0.05) is 57.2 Å². The van der Waals surface area contributed by atoms with Crippen LogP contribution in [0.5, 0.6) is 0 Å². The van der Waals surface area contributed by atoms with Crippen molar-refractivity contribution in [3.8, 4) is 0 Å². The third-order valence-electron chi connectivity index (χ3n) is 5.78. The van der Waals surface area contributed by atoms with Gasteiger partial charge in [0.1, 0.15) is 11.6 Å². The van der Waals surface area contributed by atoms with Crippen LogP contribution in [0.3, 0.4) is 0 Å². The third-order valence-corrected chi connectivity index (χ3v) is 5.78. The normalized spacial score (nSPS) is 16.1. The van der Waals surface area contributed by atoms with Crippen molar-refractivity contribution in [2.24, 2.45) is 0 Å². The van der Waals surface area contributed by atoms with Crippen molar-refractivity contribution >= 4 is 47.2 Å². The molecule has 31 heavy (non-hydrogen) atoms. The zero-order valence-corrected chi connectivity index (χ0v) is 18.6. The lowest BCUT2D eigenvalue weighted by atomic mass is 10.00. The Morgan fingerprint density at radius 3 is 2.65 bits per heavy atom. The Morgan fingerprint density at radius 1 is 1.10 bits per heavy atom. The van der Waals surface area contributed by atoms with Gasteiger partial charge in [-0.1, -0.05) is 0 Å². The molecule has 7 nitrogen and oxygen atoms in total. The molecule has 0 saturated carbocycles. The molecule has 1 saturated heterocycles. The number of hydrogen-bond donors (Lipinski definition) is 2. The molecule has 3 aromatic rings. The molecular formula is C21H25Cl2FN6O.